The van der Waals surface area contributed by atoms with E-state index in [-0.39, 0.29) is 11.4 Å². The summed E-state index contributed by atoms with van der Waals surface area (Å²) in [6.07, 6.45) is 4.28. The van der Waals surface area contributed by atoms with Gasteiger partial charge in [-0.25, -0.2) is 18.4 Å². The minimum absolute atomic E-state index is 0.194. The molecule has 2 aliphatic heterocycles. The predicted molar refractivity (Wildman–Crippen MR) is 179 cm³/mol. The van der Waals surface area contributed by atoms with Gasteiger partial charge in [-0.3, -0.25) is 0 Å². The molecule has 4 heterocycles. The van der Waals surface area contributed by atoms with Crippen molar-refractivity contribution in [1.82, 2.24) is 19.9 Å². The van der Waals surface area contributed by atoms with E-state index in [9.17, 15) is 8.42 Å². The van der Waals surface area contributed by atoms with Crippen molar-refractivity contribution in [3.63, 3.8) is 0 Å². The van der Waals surface area contributed by atoms with Gasteiger partial charge in [-0.1, -0.05) is 0 Å². The van der Waals surface area contributed by atoms with Crippen molar-refractivity contribution in [3.05, 3.63) is 0 Å². The predicted octanol–water partition coefficient (Wildman–Crippen LogP) is 1.25. The largest absolute Gasteiger partial charge is 0.383 e. The zero-order valence-corrected chi connectivity index (χ0v) is 29.1. The van der Waals surface area contributed by atoms with Crippen LogP contribution in [0, 0.1) is 0 Å². The molecule has 260 valence electrons. The van der Waals surface area contributed by atoms with Crippen molar-refractivity contribution >= 4 is 44.4 Å². The summed E-state index contributed by atoms with van der Waals surface area (Å²) in [6, 6.07) is 0. The van der Waals surface area contributed by atoms with Crippen molar-refractivity contribution in [3.8, 4) is 0 Å². The molecule has 0 atom stereocenters. The van der Waals surface area contributed by atoms with Crippen molar-refractivity contribution in [2.75, 3.05) is 140 Å². The van der Waals surface area contributed by atoms with E-state index in [1.165, 1.54) is 6.26 Å². The van der Waals surface area contributed by atoms with E-state index in [1.807, 2.05) is 0 Å². The maximum atomic E-state index is 12.4. The lowest BCUT2D eigenvalue weighted by Gasteiger charge is -2.35. The molecule has 2 aromatic heterocycles. The Labute approximate surface area is 273 Å². The summed E-state index contributed by atoms with van der Waals surface area (Å²) in [5.41, 5.74) is 1.29. The number of ether oxygens (including phenoxy) is 5. The molecule has 0 amide bonds. The average molecular weight is 669 g/mol. The van der Waals surface area contributed by atoms with Gasteiger partial charge < -0.3 is 43.3 Å². The molecule has 0 unspecified atom stereocenters. The molecule has 4 rings (SSSR count). The van der Waals surface area contributed by atoms with Crippen LogP contribution in [0.15, 0.2) is 0 Å². The molecule has 0 aliphatic carbocycles. The fraction of sp³-hybridized carbons (Fsp3) is 0.800. The van der Waals surface area contributed by atoms with Crippen molar-refractivity contribution in [2.24, 2.45) is 0 Å². The van der Waals surface area contributed by atoms with Gasteiger partial charge in [-0.15, -0.1) is 0 Å². The van der Waals surface area contributed by atoms with Crippen molar-refractivity contribution in [2.45, 2.75) is 37.0 Å². The minimum Gasteiger partial charge on any atom is -0.383 e. The monoisotopic (exact) mass is 668 g/mol. The number of hydrogen-bond acceptors (Lipinski definition) is 15. The van der Waals surface area contributed by atoms with Crippen LogP contribution in [0.25, 0.3) is 11.0 Å². The topological polar surface area (TPSA) is 145 Å². The summed E-state index contributed by atoms with van der Waals surface area (Å²) in [4.78, 5) is 29.1. The number of aromatic nitrogens is 4. The molecule has 2 fully saturated rings. The molecule has 0 N–H and O–H groups in total. The highest BCUT2D eigenvalue weighted by Crippen LogP contribution is 2.35. The molecule has 0 spiro atoms. The number of fused-ring (bicyclic) bond motifs is 1. The van der Waals surface area contributed by atoms with Crippen LogP contribution >= 0.6 is 0 Å². The maximum absolute atomic E-state index is 12.4. The third kappa shape index (κ3) is 9.25. The molecule has 0 aromatic carbocycles. The van der Waals surface area contributed by atoms with Gasteiger partial charge in [-0.2, -0.15) is 9.97 Å². The Morgan fingerprint density at radius 3 is 1.33 bits per heavy atom. The SMILES string of the molecule is COCCN(CCOC)c1nc(N2CCC(S(C)(=O)=O)CC2)c2nc(N(CCOC)CCOC)nc(N3CCC(OC)CC3)c2n1. The molecular formula is C30H52N8O7S. The normalized spacial score (nSPS) is 16.8. The zero-order chi connectivity index (χ0) is 33.1. The lowest BCUT2D eigenvalue weighted by atomic mass is 10.1. The van der Waals surface area contributed by atoms with Crippen LogP contribution in [-0.2, 0) is 33.5 Å². The first-order valence-corrected chi connectivity index (χ1v) is 18.0. The second kappa shape index (κ2) is 17.5. The van der Waals surface area contributed by atoms with E-state index in [4.69, 9.17) is 43.6 Å². The third-order valence-corrected chi connectivity index (χ3v) is 10.4. The first-order chi connectivity index (χ1) is 22.2. The average Bonchev–Trinajstić information content (AvgIpc) is 3.07. The molecule has 46 heavy (non-hydrogen) atoms. The fourth-order valence-corrected chi connectivity index (χ4v) is 6.98. The van der Waals surface area contributed by atoms with Gasteiger partial charge in [-0.05, 0) is 25.7 Å². The van der Waals surface area contributed by atoms with Crippen LogP contribution in [0.1, 0.15) is 25.7 Å². The van der Waals surface area contributed by atoms with E-state index >= 15 is 0 Å². The lowest BCUT2D eigenvalue weighted by Crippen LogP contribution is -2.41. The first kappa shape index (κ1) is 36.2. The molecule has 15 nitrogen and oxygen atoms in total. The molecular weight excluding hydrogens is 616 g/mol. The molecule has 0 saturated carbocycles. The Morgan fingerprint density at radius 1 is 0.630 bits per heavy atom. The standard InChI is InChI=1S/C30H52N8O7S/c1-41-19-15-37(16-20-42-2)29-32-26-25(27(33-29)35-11-7-23(45-5)8-12-35)31-30(38(17-21-43-3)18-22-44-4)34-28(26)36-13-9-24(10-14-36)46(6,39)40/h23-24H,7-22H2,1-6H3. The summed E-state index contributed by atoms with van der Waals surface area (Å²) in [5, 5.41) is -0.377. The van der Waals surface area contributed by atoms with Gasteiger partial charge in [0, 0.05) is 94.2 Å². The highest BCUT2D eigenvalue weighted by Gasteiger charge is 2.32. The summed E-state index contributed by atoms with van der Waals surface area (Å²) in [6.45, 7) is 6.82. The Hall–Kier alpha value is -2.63. The number of sulfone groups is 1. The summed E-state index contributed by atoms with van der Waals surface area (Å²) in [5.74, 6) is 2.48. The van der Waals surface area contributed by atoms with Crippen molar-refractivity contribution < 1.29 is 32.1 Å². The first-order valence-electron chi connectivity index (χ1n) is 16.0. The maximum Gasteiger partial charge on any atom is 0.228 e. The molecule has 0 radical (unpaired) electrons. The molecule has 0 bridgehead atoms. The van der Waals surface area contributed by atoms with Crippen LogP contribution in [0.2, 0.25) is 0 Å². The van der Waals surface area contributed by atoms with Gasteiger partial charge in [0.1, 0.15) is 20.9 Å². The van der Waals surface area contributed by atoms with Gasteiger partial charge in [0.2, 0.25) is 11.9 Å². The van der Waals surface area contributed by atoms with E-state index < -0.39 is 9.84 Å². The van der Waals surface area contributed by atoms with E-state index in [1.54, 1.807) is 35.5 Å². The Bertz CT molecular complexity index is 1320. The molecule has 16 heteroatoms. The van der Waals surface area contributed by atoms with Gasteiger partial charge in [0.25, 0.3) is 0 Å². The smallest absolute Gasteiger partial charge is 0.228 e. The van der Waals surface area contributed by atoms with Gasteiger partial charge in [0.15, 0.2) is 11.6 Å². The Kier molecular flexibility index (Phi) is 13.8. The van der Waals surface area contributed by atoms with Crippen molar-refractivity contribution in [1.29, 1.82) is 0 Å². The summed E-state index contributed by atoms with van der Waals surface area (Å²) >= 11 is 0. The quantitative estimate of drug-likeness (QED) is 0.224. The van der Waals surface area contributed by atoms with Gasteiger partial charge in [0.05, 0.1) is 37.8 Å². The number of hydrogen-bond donors (Lipinski definition) is 0. The number of anilines is 4. The molecule has 2 aliphatic rings. The number of piperidine rings is 2. The molecule has 2 aromatic rings. The van der Waals surface area contributed by atoms with Crippen LogP contribution in [0.5, 0.6) is 0 Å². The van der Waals surface area contributed by atoms with Gasteiger partial charge >= 0.3 is 0 Å². The third-order valence-electron chi connectivity index (χ3n) is 8.73. The number of rotatable bonds is 18. The van der Waals surface area contributed by atoms with E-state index in [0.29, 0.717) is 107 Å². The second-order valence-corrected chi connectivity index (χ2v) is 14.1. The minimum atomic E-state index is -3.15. The zero-order valence-electron chi connectivity index (χ0n) is 28.3. The van der Waals surface area contributed by atoms with Crippen LogP contribution in [0.3, 0.4) is 0 Å². The van der Waals surface area contributed by atoms with Crippen LogP contribution in [-0.4, -0.2) is 160 Å². The van der Waals surface area contributed by atoms with E-state index in [0.717, 1.165) is 31.7 Å². The Morgan fingerprint density at radius 2 is 1.00 bits per heavy atom. The summed E-state index contributed by atoms with van der Waals surface area (Å²) in [7, 11) is 5.30. The highest BCUT2D eigenvalue weighted by molar-refractivity contribution is 7.91. The Balaban J connectivity index is 1.91. The number of methoxy groups -OCH3 is 5. The number of nitrogens with zero attached hydrogens (tertiary/aromatic N) is 8. The summed E-state index contributed by atoms with van der Waals surface area (Å²) < 4.78 is 52.2. The second-order valence-electron chi connectivity index (χ2n) is 11.8. The lowest BCUT2D eigenvalue weighted by molar-refractivity contribution is 0.0818. The van der Waals surface area contributed by atoms with E-state index in [2.05, 4.69) is 19.6 Å². The molecule has 2 saturated heterocycles. The fourth-order valence-electron chi connectivity index (χ4n) is 5.92. The van der Waals surface area contributed by atoms with Crippen LogP contribution < -0.4 is 19.6 Å². The highest BCUT2D eigenvalue weighted by atomic mass is 32.2. The van der Waals surface area contributed by atoms with Crippen LogP contribution in [0.4, 0.5) is 23.5 Å².